The summed E-state index contributed by atoms with van der Waals surface area (Å²) < 4.78 is 5.74. The third-order valence-corrected chi connectivity index (χ3v) is 3.56. The molecule has 1 saturated heterocycles. The summed E-state index contributed by atoms with van der Waals surface area (Å²) in [4.78, 5) is 11.7. The maximum absolute atomic E-state index is 11.7. The van der Waals surface area contributed by atoms with Crippen LogP contribution in [0.3, 0.4) is 0 Å². The van der Waals surface area contributed by atoms with Crippen molar-refractivity contribution in [1.82, 2.24) is 5.32 Å². The number of amides is 1. The Labute approximate surface area is 102 Å². The van der Waals surface area contributed by atoms with Crippen LogP contribution in [0.5, 0.6) is 0 Å². The number of nitrogens with two attached hydrogens (primary N) is 1. The van der Waals surface area contributed by atoms with Gasteiger partial charge in [0, 0.05) is 5.92 Å². The first kappa shape index (κ1) is 12.8. The predicted molar refractivity (Wildman–Crippen MR) is 63.3 cm³/mol. The fraction of sp³-hybridized carbons (Fsp3) is 0.917. The molecule has 2 fully saturated rings. The summed E-state index contributed by atoms with van der Waals surface area (Å²) in [7, 11) is 0. The van der Waals surface area contributed by atoms with Gasteiger partial charge in [0.15, 0.2) is 0 Å². The zero-order valence-corrected chi connectivity index (χ0v) is 10.1. The van der Waals surface area contributed by atoms with Crippen molar-refractivity contribution in [3.8, 4) is 0 Å². The van der Waals surface area contributed by atoms with Gasteiger partial charge in [-0.1, -0.05) is 0 Å². The van der Waals surface area contributed by atoms with E-state index in [1.54, 1.807) is 0 Å². The van der Waals surface area contributed by atoms with Crippen molar-refractivity contribution < 1.29 is 14.6 Å². The average molecular weight is 242 g/mol. The first-order valence-corrected chi connectivity index (χ1v) is 6.51. The van der Waals surface area contributed by atoms with Gasteiger partial charge in [-0.25, -0.2) is 0 Å². The van der Waals surface area contributed by atoms with Gasteiger partial charge in [0.1, 0.15) is 6.10 Å². The predicted octanol–water partition coefficient (Wildman–Crippen LogP) is -0.230. The van der Waals surface area contributed by atoms with Gasteiger partial charge in [0.25, 0.3) is 0 Å². The second-order valence-corrected chi connectivity index (χ2v) is 5.02. The van der Waals surface area contributed by atoms with Gasteiger partial charge in [0.05, 0.1) is 18.8 Å². The number of aliphatic hydroxyl groups excluding tert-OH is 1. The molecule has 0 unspecified atom stereocenters. The molecule has 0 aromatic carbocycles. The Morgan fingerprint density at radius 2 is 2.12 bits per heavy atom. The third kappa shape index (κ3) is 3.40. The molecule has 5 heteroatoms. The van der Waals surface area contributed by atoms with Gasteiger partial charge in [-0.05, 0) is 38.6 Å². The summed E-state index contributed by atoms with van der Waals surface area (Å²) in [6.07, 6.45) is 4.45. The van der Waals surface area contributed by atoms with Crippen LogP contribution in [-0.2, 0) is 9.53 Å². The molecule has 1 aliphatic heterocycles. The minimum atomic E-state index is -0.275. The Morgan fingerprint density at radius 1 is 1.35 bits per heavy atom. The van der Waals surface area contributed by atoms with Gasteiger partial charge >= 0.3 is 0 Å². The van der Waals surface area contributed by atoms with Crippen molar-refractivity contribution >= 4 is 5.91 Å². The van der Waals surface area contributed by atoms with E-state index in [1.165, 1.54) is 0 Å². The van der Waals surface area contributed by atoms with E-state index in [1.807, 2.05) is 0 Å². The lowest BCUT2D eigenvalue weighted by molar-refractivity contribution is -0.129. The Balaban J connectivity index is 1.82. The summed E-state index contributed by atoms with van der Waals surface area (Å²) in [6.45, 7) is 0.554. The number of rotatable bonds is 5. The van der Waals surface area contributed by atoms with Crippen molar-refractivity contribution in [3.63, 3.8) is 0 Å². The molecule has 0 radical (unpaired) electrons. The number of nitrogens with one attached hydrogen (secondary N) is 1. The molecule has 2 rings (SSSR count). The molecule has 1 saturated carbocycles. The Hall–Kier alpha value is -0.650. The maximum Gasteiger partial charge on any atom is 0.223 e. The monoisotopic (exact) mass is 242 g/mol. The number of hydrogen-bond acceptors (Lipinski definition) is 4. The van der Waals surface area contributed by atoms with Crippen molar-refractivity contribution in [2.24, 2.45) is 11.7 Å². The number of hydrogen-bond donors (Lipinski definition) is 3. The smallest absolute Gasteiger partial charge is 0.223 e. The van der Waals surface area contributed by atoms with Gasteiger partial charge in [-0.15, -0.1) is 0 Å². The molecule has 0 aromatic rings. The second kappa shape index (κ2) is 5.80. The minimum Gasteiger partial charge on any atom is -0.394 e. The highest BCUT2D eigenvalue weighted by atomic mass is 16.5. The molecule has 0 aromatic heterocycles. The molecule has 5 nitrogen and oxygen atoms in total. The van der Waals surface area contributed by atoms with Gasteiger partial charge in [-0.2, -0.15) is 0 Å². The maximum atomic E-state index is 11.7. The lowest BCUT2D eigenvalue weighted by atomic mass is 9.97. The van der Waals surface area contributed by atoms with Gasteiger partial charge in [-0.3, -0.25) is 4.79 Å². The Bertz CT molecular complexity index is 268. The number of carbonyl (C=O) groups excluding carboxylic acids is 1. The average Bonchev–Trinajstić information content (AvgIpc) is 3.15. The molecule has 2 aliphatic rings. The number of ether oxygens (including phenoxy) is 1. The highest BCUT2D eigenvalue weighted by Gasteiger charge is 2.35. The van der Waals surface area contributed by atoms with Crippen molar-refractivity contribution in [1.29, 1.82) is 0 Å². The van der Waals surface area contributed by atoms with Crippen LogP contribution in [0.25, 0.3) is 0 Å². The lowest BCUT2D eigenvalue weighted by Crippen LogP contribution is -2.51. The summed E-state index contributed by atoms with van der Waals surface area (Å²) >= 11 is 0. The summed E-state index contributed by atoms with van der Waals surface area (Å²) in [6, 6.07) is -0.0397. The van der Waals surface area contributed by atoms with E-state index in [4.69, 9.17) is 10.5 Å². The van der Waals surface area contributed by atoms with E-state index < -0.39 is 0 Å². The molecule has 0 bridgehead atoms. The van der Waals surface area contributed by atoms with Crippen LogP contribution in [0.2, 0.25) is 0 Å². The van der Waals surface area contributed by atoms with Crippen LogP contribution in [0.1, 0.15) is 32.1 Å². The van der Waals surface area contributed by atoms with Crippen LogP contribution in [0.4, 0.5) is 0 Å². The number of carbonyl (C=O) groups is 1. The fourth-order valence-electron chi connectivity index (χ4n) is 2.34. The van der Waals surface area contributed by atoms with Crippen LogP contribution in [0.15, 0.2) is 0 Å². The fourth-order valence-corrected chi connectivity index (χ4v) is 2.34. The van der Waals surface area contributed by atoms with E-state index in [9.17, 15) is 9.90 Å². The van der Waals surface area contributed by atoms with E-state index in [-0.39, 0.29) is 36.7 Å². The molecular weight excluding hydrogens is 220 g/mol. The van der Waals surface area contributed by atoms with E-state index in [0.717, 1.165) is 32.1 Å². The van der Waals surface area contributed by atoms with Crippen molar-refractivity contribution in [2.75, 3.05) is 13.2 Å². The normalized spacial score (nSPS) is 33.4. The van der Waals surface area contributed by atoms with Crippen molar-refractivity contribution in [2.45, 2.75) is 50.4 Å². The zero-order chi connectivity index (χ0) is 12.3. The molecule has 1 amide bonds. The first-order chi connectivity index (χ1) is 8.24. The summed E-state index contributed by atoms with van der Waals surface area (Å²) in [5.74, 6) is 0.324. The van der Waals surface area contributed by atoms with Crippen molar-refractivity contribution in [3.05, 3.63) is 0 Å². The SMILES string of the molecule is NCC[C@H]1CC[C@H](NC(=O)C2CC2)[C@@H](CO)O1. The van der Waals surface area contributed by atoms with Gasteiger partial charge in [0.2, 0.25) is 5.91 Å². The molecule has 1 aliphatic carbocycles. The second-order valence-electron chi connectivity index (χ2n) is 5.02. The van der Waals surface area contributed by atoms with Crippen LogP contribution in [-0.4, -0.2) is 42.4 Å². The van der Waals surface area contributed by atoms with Crippen LogP contribution >= 0.6 is 0 Å². The molecule has 4 N–H and O–H groups in total. The highest BCUT2D eigenvalue weighted by Crippen LogP contribution is 2.30. The standard InChI is InChI=1S/C12H22N2O3/c13-6-5-9-3-4-10(11(7-15)17-9)14-12(16)8-1-2-8/h8-11,15H,1-7,13H2,(H,14,16)/t9-,10+,11-/m1/s1. The quantitative estimate of drug-likeness (QED) is 0.622. The molecule has 0 spiro atoms. The molecule has 17 heavy (non-hydrogen) atoms. The summed E-state index contributed by atoms with van der Waals surface area (Å²) in [5.41, 5.74) is 5.50. The largest absolute Gasteiger partial charge is 0.394 e. The van der Waals surface area contributed by atoms with E-state index in [2.05, 4.69) is 5.32 Å². The van der Waals surface area contributed by atoms with Crippen LogP contribution in [0, 0.1) is 5.92 Å². The molecule has 98 valence electrons. The topological polar surface area (TPSA) is 84.6 Å². The zero-order valence-electron chi connectivity index (χ0n) is 10.1. The minimum absolute atomic E-state index is 0.0397. The molecule has 3 atom stereocenters. The third-order valence-electron chi connectivity index (χ3n) is 3.56. The van der Waals surface area contributed by atoms with E-state index >= 15 is 0 Å². The van der Waals surface area contributed by atoms with Crippen LogP contribution < -0.4 is 11.1 Å². The van der Waals surface area contributed by atoms with E-state index in [0.29, 0.717) is 6.54 Å². The lowest BCUT2D eigenvalue weighted by Gasteiger charge is -2.36. The van der Waals surface area contributed by atoms with Gasteiger partial charge < -0.3 is 20.9 Å². The summed E-state index contributed by atoms with van der Waals surface area (Å²) in [5, 5.41) is 12.3. The number of aliphatic hydroxyl groups is 1. The Kier molecular flexibility index (Phi) is 4.36. The molecule has 1 heterocycles. The first-order valence-electron chi connectivity index (χ1n) is 6.51. The molecular formula is C12H22N2O3. The Morgan fingerprint density at radius 3 is 2.71 bits per heavy atom. The highest BCUT2D eigenvalue weighted by molar-refractivity contribution is 5.81.